The second kappa shape index (κ2) is 7.37. The Bertz CT molecular complexity index is 466. The Labute approximate surface area is 118 Å². The van der Waals surface area contributed by atoms with Crippen molar-refractivity contribution >= 4 is 17.7 Å². The molecule has 0 spiro atoms. The van der Waals surface area contributed by atoms with E-state index in [1.165, 1.54) is 17.8 Å². The molecule has 0 fully saturated rings. The third kappa shape index (κ3) is 5.28. The zero-order valence-corrected chi connectivity index (χ0v) is 11.8. The number of esters is 1. The van der Waals surface area contributed by atoms with Gasteiger partial charge in [0.15, 0.2) is 12.3 Å². The summed E-state index contributed by atoms with van der Waals surface area (Å²) >= 11 is 1.28. The molecule has 0 aromatic carbocycles. The Hall–Kier alpha value is -1.44. The van der Waals surface area contributed by atoms with E-state index in [0.717, 1.165) is 6.20 Å². The lowest BCUT2D eigenvalue weighted by Gasteiger charge is -2.11. The minimum absolute atomic E-state index is 0.0358. The van der Waals surface area contributed by atoms with Gasteiger partial charge in [-0.05, 0) is 18.7 Å². The Morgan fingerprint density at radius 3 is 2.65 bits per heavy atom. The van der Waals surface area contributed by atoms with Crippen LogP contribution in [-0.4, -0.2) is 36.1 Å². The van der Waals surface area contributed by atoms with Crippen LogP contribution in [0, 0.1) is 0 Å². The van der Waals surface area contributed by atoms with E-state index in [2.05, 4.69) is 9.72 Å². The van der Waals surface area contributed by atoms with Gasteiger partial charge in [-0.2, -0.15) is 13.2 Å². The highest BCUT2D eigenvalue weighted by Gasteiger charge is 2.28. The second-order valence-corrected chi connectivity index (χ2v) is 4.88. The van der Waals surface area contributed by atoms with E-state index in [1.807, 2.05) is 6.92 Å². The van der Waals surface area contributed by atoms with Gasteiger partial charge in [-0.1, -0.05) is 6.92 Å². The third-order valence-corrected chi connectivity index (χ3v) is 2.91. The molecule has 0 saturated heterocycles. The number of hydrogen-bond acceptors (Lipinski definition) is 5. The molecule has 0 amide bonds. The maximum atomic E-state index is 12.1. The molecule has 0 bridgehead atoms. The molecule has 0 aliphatic carbocycles. The molecule has 20 heavy (non-hydrogen) atoms. The van der Waals surface area contributed by atoms with E-state index >= 15 is 0 Å². The minimum Gasteiger partial charge on any atom is -0.482 e. The van der Waals surface area contributed by atoms with Crippen LogP contribution in [0.1, 0.15) is 24.3 Å². The number of aromatic nitrogens is 1. The van der Waals surface area contributed by atoms with Crippen molar-refractivity contribution in [1.29, 1.82) is 0 Å². The van der Waals surface area contributed by atoms with Crippen LogP contribution in [0.25, 0.3) is 0 Å². The second-order valence-electron chi connectivity index (χ2n) is 3.58. The van der Waals surface area contributed by atoms with Crippen LogP contribution in [0.2, 0.25) is 0 Å². The lowest BCUT2D eigenvalue weighted by atomic mass is 10.3. The van der Waals surface area contributed by atoms with Crippen molar-refractivity contribution in [3.05, 3.63) is 18.0 Å². The quantitative estimate of drug-likeness (QED) is 0.596. The van der Waals surface area contributed by atoms with Crippen LogP contribution in [0.3, 0.4) is 0 Å². The molecule has 0 saturated carbocycles. The van der Waals surface area contributed by atoms with Crippen LogP contribution in [0.15, 0.2) is 17.2 Å². The van der Waals surface area contributed by atoms with Gasteiger partial charge >= 0.3 is 12.1 Å². The van der Waals surface area contributed by atoms with E-state index in [-0.39, 0.29) is 18.1 Å². The van der Waals surface area contributed by atoms with Crippen molar-refractivity contribution in [1.82, 2.24) is 4.98 Å². The fraction of sp³-hybridized carbons (Fsp3) is 0.500. The molecule has 1 rings (SSSR count). The number of halogens is 3. The first-order valence-corrected chi connectivity index (χ1v) is 6.85. The van der Waals surface area contributed by atoms with E-state index in [1.54, 1.807) is 6.92 Å². The molecular weight excluding hydrogens is 295 g/mol. The summed E-state index contributed by atoms with van der Waals surface area (Å²) < 4.78 is 45.7. The van der Waals surface area contributed by atoms with E-state index in [0.29, 0.717) is 10.6 Å². The van der Waals surface area contributed by atoms with Crippen LogP contribution >= 0.6 is 11.8 Å². The molecule has 0 N–H and O–H groups in total. The van der Waals surface area contributed by atoms with Crippen molar-refractivity contribution in [3.8, 4) is 5.75 Å². The standard InChI is InChI=1S/C12H14F3NO3S/c1-3-18-11(17)10-9(20-4-2)5-8(6-16-10)19-7-12(13,14)15/h5-6H,3-4,7H2,1-2H3. The number of ether oxygens (including phenoxy) is 2. The number of nitrogens with zero attached hydrogens (tertiary/aromatic N) is 1. The molecule has 1 aromatic rings. The highest BCUT2D eigenvalue weighted by molar-refractivity contribution is 7.99. The van der Waals surface area contributed by atoms with E-state index in [9.17, 15) is 18.0 Å². The normalized spacial score (nSPS) is 11.2. The average Bonchev–Trinajstić information content (AvgIpc) is 2.36. The average molecular weight is 309 g/mol. The highest BCUT2D eigenvalue weighted by Crippen LogP contribution is 2.27. The summed E-state index contributed by atoms with van der Waals surface area (Å²) in [6.45, 7) is 2.31. The number of thioether (sulfide) groups is 1. The van der Waals surface area contributed by atoms with Gasteiger partial charge in [-0.3, -0.25) is 0 Å². The molecule has 1 aromatic heterocycles. The van der Waals surface area contributed by atoms with Crippen LogP contribution in [0.4, 0.5) is 13.2 Å². The monoisotopic (exact) mass is 309 g/mol. The van der Waals surface area contributed by atoms with Crippen molar-refractivity contribution in [2.24, 2.45) is 0 Å². The number of hydrogen-bond donors (Lipinski definition) is 0. The molecule has 4 nitrogen and oxygen atoms in total. The highest BCUT2D eigenvalue weighted by atomic mass is 32.2. The summed E-state index contributed by atoms with van der Waals surface area (Å²) in [5.41, 5.74) is 0.0815. The molecule has 0 atom stereocenters. The van der Waals surface area contributed by atoms with E-state index in [4.69, 9.17) is 4.74 Å². The zero-order chi connectivity index (χ0) is 15.2. The summed E-state index contributed by atoms with van der Waals surface area (Å²) in [5, 5.41) is 0. The Morgan fingerprint density at radius 1 is 1.40 bits per heavy atom. The number of alkyl halides is 3. The van der Waals surface area contributed by atoms with Gasteiger partial charge in [-0.15, -0.1) is 11.8 Å². The Balaban J connectivity index is 2.91. The first-order chi connectivity index (χ1) is 9.37. The van der Waals surface area contributed by atoms with Crippen LogP contribution < -0.4 is 4.74 Å². The topological polar surface area (TPSA) is 48.4 Å². The van der Waals surface area contributed by atoms with Gasteiger partial charge in [0.05, 0.1) is 12.8 Å². The largest absolute Gasteiger partial charge is 0.482 e. The fourth-order valence-corrected chi connectivity index (χ4v) is 2.07. The smallest absolute Gasteiger partial charge is 0.422 e. The maximum absolute atomic E-state index is 12.1. The van der Waals surface area contributed by atoms with Crippen molar-refractivity contribution in [3.63, 3.8) is 0 Å². The summed E-state index contributed by atoms with van der Waals surface area (Å²) in [4.78, 5) is 15.9. The minimum atomic E-state index is -4.42. The van der Waals surface area contributed by atoms with Gasteiger partial charge in [0.25, 0.3) is 0 Å². The molecule has 0 aliphatic heterocycles. The summed E-state index contributed by atoms with van der Waals surface area (Å²) in [6, 6.07) is 1.36. The van der Waals surface area contributed by atoms with Crippen molar-refractivity contribution < 1.29 is 27.4 Å². The van der Waals surface area contributed by atoms with Gasteiger partial charge < -0.3 is 9.47 Å². The third-order valence-electron chi connectivity index (χ3n) is 2.00. The Morgan fingerprint density at radius 2 is 2.10 bits per heavy atom. The van der Waals surface area contributed by atoms with Gasteiger partial charge in [0, 0.05) is 4.90 Å². The van der Waals surface area contributed by atoms with Gasteiger partial charge in [0.2, 0.25) is 0 Å². The van der Waals surface area contributed by atoms with Gasteiger partial charge in [-0.25, -0.2) is 9.78 Å². The molecule has 0 radical (unpaired) electrons. The molecule has 0 unspecified atom stereocenters. The van der Waals surface area contributed by atoms with Crippen LogP contribution in [0.5, 0.6) is 5.75 Å². The molecule has 112 valence electrons. The number of pyridine rings is 1. The zero-order valence-electron chi connectivity index (χ0n) is 11.0. The number of rotatable bonds is 6. The maximum Gasteiger partial charge on any atom is 0.422 e. The number of carbonyl (C=O) groups is 1. The van der Waals surface area contributed by atoms with Crippen LogP contribution in [-0.2, 0) is 4.74 Å². The summed E-state index contributed by atoms with van der Waals surface area (Å²) in [6.07, 6.45) is -3.34. The van der Waals surface area contributed by atoms with Crippen molar-refractivity contribution in [2.45, 2.75) is 24.9 Å². The lowest BCUT2D eigenvalue weighted by molar-refractivity contribution is -0.153. The molecular formula is C12H14F3NO3S. The summed E-state index contributed by atoms with van der Waals surface area (Å²) in [5.74, 6) is -0.00581. The lowest BCUT2D eigenvalue weighted by Crippen LogP contribution is -2.19. The fourth-order valence-electron chi connectivity index (χ4n) is 1.29. The van der Waals surface area contributed by atoms with Crippen molar-refractivity contribution in [2.75, 3.05) is 19.0 Å². The molecule has 0 aliphatic rings. The van der Waals surface area contributed by atoms with Gasteiger partial charge in [0.1, 0.15) is 5.75 Å². The summed E-state index contributed by atoms with van der Waals surface area (Å²) in [7, 11) is 0. The Kier molecular flexibility index (Phi) is 6.12. The van der Waals surface area contributed by atoms with E-state index < -0.39 is 18.8 Å². The molecule has 1 heterocycles. The SMILES string of the molecule is CCOC(=O)c1ncc(OCC(F)(F)F)cc1SCC. The first kappa shape index (κ1) is 16.6. The molecule has 8 heteroatoms. The predicted octanol–water partition coefficient (Wildman–Crippen LogP) is 3.31. The first-order valence-electron chi connectivity index (χ1n) is 5.87. The predicted molar refractivity (Wildman–Crippen MR) is 68.1 cm³/mol. The number of carbonyl (C=O) groups excluding carboxylic acids is 1.